The third kappa shape index (κ3) is 7.28. The number of halogens is 4. The normalized spacial score (nSPS) is 11.9. The zero-order valence-electron chi connectivity index (χ0n) is 19.5. The van der Waals surface area contributed by atoms with Gasteiger partial charge in [-0.15, -0.1) is 0 Å². The first-order chi connectivity index (χ1) is 15.6. The highest BCUT2D eigenvalue weighted by atomic mass is 35.5. The fourth-order valence-electron chi connectivity index (χ4n) is 2.94. The largest absolute Gasteiger partial charge is 0.506 e. The van der Waals surface area contributed by atoms with Gasteiger partial charge in [-0.2, -0.15) is 13.2 Å². The molecule has 10 heteroatoms. The van der Waals surface area contributed by atoms with Crippen molar-refractivity contribution in [1.29, 1.82) is 0 Å². The Labute approximate surface area is 201 Å². The van der Waals surface area contributed by atoms with Crippen LogP contribution in [0.15, 0.2) is 30.3 Å². The summed E-state index contributed by atoms with van der Waals surface area (Å²) in [4.78, 5) is 23.9. The number of ether oxygens (including phenoxy) is 2. The Morgan fingerprint density at radius 2 is 1.76 bits per heavy atom. The topological polar surface area (TPSA) is 84.9 Å². The number of carbonyl (C=O) groups excluding carboxylic acids is 2. The Kier molecular flexibility index (Phi) is 8.47. The summed E-state index contributed by atoms with van der Waals surface area (Å²) in [7, 11) is 0. The highest BCUT2D eigenvalue weighted by molar-refractivity contribution is 6.31. The van der Waals surface area contributed by atoms with Gasteiger partial charge in [0.1, 0.15) is 29.3 Å². The van der Waals surface area contributed by atoms with Crippen molar-refractivity contribution in [1.82, 2.24) is 5.32 Å². The van der Waals surface area contributed by atoms with Crippen LogP contribution < -0.4 is 10.1 Å². The molecule has 0 radical (unpaired) electrons. The Bertz CT molecular complexity index is 1060. The summed E-state index contributed by atoms with van der Waals surface area (Å²) in [6, 6.07) is 6.81. The minimum Gasteiger partial charge on any atom is -0.506 e. The number of amides is 1. The van der Waals surface area contributed by atoms with E-state index in [1.807, 2.05) is 0 Å². The van der Waals surface area contributed by atoms with E-state index in [-0.39, 0.29) is 18.2 Å². The number of ketones is 1. The standard InChI is InChI=1S/C24H27ClF3NO5/c1-13(2)20(30)16-8-9-18(19(21(16)31)24(26,27)28)33-12-14-6-7-15(17(25)10-14)11-29-22(32)34-23(3,4)5/h6-10,13,31H,11-12H2,1-5H3,(H,29,32). The van der Waals surface area contributed by atoms with Crippen LogP contribution in [0.2, 0.25) is 5.02 Å². The summed E-state index contributed by atoms with van der Waals surface area (Å²) in [5.41, 5.74) is -1.45. The van der Waals surface area contributed by atoms with Crippen molar-refractivity contribution in [2.75, 3.05) is 0 Å². The van der Waals surface area contributed by atoms with Gasteiger partial charge in [-0.3, -0.25) is 4.79 Å². The van der Waals surface area contributed by atoms with Gasteiger partial charge in [0.15, 0.2) is 5.78 Å². The Morgan fingerprint density at radius 1 is 1.12 bits per heavy atom. The average molecular weight is 502 g/mol. The predicted molar refractivity (Wildman–Crippen MR) is 121 cm³/mol. The predicted octanol–water partition coefficient (Wildman–Crippen LogP) is 6.51. The first-order valence-electron chi connectivity index (χ1n) is 10.4. The summed E-state index contributed by atoms with van der Waals surface area (Å²) in [6.07, 6.45) is -5.56. The van der Waals surface area contributed by atoms with Crippen LogP contribution in [0.3, 0.4) is 0 Å². The van der Waals surface area contributed by atoms with E-state index in [1.54, 1.807) is 32.9 Å². The summed E-state index contributed by atoms with van der Waals surface area (Å²) < 4.78 is 51.4. The molecule has 0 fully saturated rings. The van der Waals surface area contributed by atoms with Gasteiger partial charge in [-0.1, -0.05) is 37.6 Å². The second-order valence-corrected chi connectivity index (χ2v) is 9.33. The molecule has 0 aliphatic rings. The molecule has 2 aromatic carbocycles. The molecular formula is C24H27ClF3NO5. The molecule has 186 valence electrons. The molecule has 0 aromatic heterocycles. The van der Waals surface area contributed by atoms with Crippen LogP contribution in [-0.4, -0.2) is 22.6 Å². The lowest BCUT2D eigenvalue weighted by Gasteiger charge is -2.20. The fourth-order valence-corrected chi connectivity index (χ4v) is 3.21. The lowest BCUT2D eigenvalue weighted by molar-refractivity contribution is -0.140. The number of phenolic OH excluding ortho intramolecular Hbond substituents is 1. The van der Waals surface area contributed by atoms with E-state index in [1.165, 1.54) is 19.9 Å². The van der Waals surface area contributed by atoms with Crippen molar-refractivity contribution >= 4 is 23.5 Å². The lowest BCUT2D eigenvalue weighted by Crippen LogP contribution is -2.32. The molecule has 0 unspecified atom stereocenters. The molecule has 0 atom stereocenters. The third-order valence-corrected chi connectivity index (χ3v) is 4.90. The fraction of sp³-hybridized carbons (Fsp3) is 0.417. The van der Waals surface area contributed by atoms with Crippen LogP contribution in [0, 0.1) is 5.92 Å². The molecule has 0 saturated carbocycles. The number of alkyl halides is 3. The number of nitrogens with one attached hydrogen (secondary N) is 1. The average Bonchev–Trinajstić information content (AvgIpc) is 2.68. The highest BCUT2D eigenvalue weighted by Crippen LogP contribution is 2.44. The number of benzene rings is 2. The van der Waals surface area contributed by atoms with Crippen LogP contribution in [0.4, 0.5) is 18.0 Å². The van der Waals surface area contributed by atoms with Gasteiger partial charge in [-0.05, 0) is 50.1 Å². The third-order valence-electron chi connectivity index (χ3n) is 4.55. The first kappa shape index (κ1) is 27.3. The zero-order chi connectivity index (χ0) is 25.8. The van der Waals surface area contributed by atoms with Gasteiger partial charge < -0.3 is 19.9 Å². The van der Waals surface area contributed by atoms with Crippen LogP contribution in [0.5, 0.6) is 11.5 Å². The molecule has 2 rings (SSSR count). The zero-order valence-corrected chi connectivity index (χ0v) is 20.2. The number of alkyl carbamates (subject to hydrolysis) is 1. The molecule has 1 amide bonds. The molecule has 0 bridgehead atoms. The number of aromatic hydroxyl groups is 1. The monoisotopic (exact) mass is 501 g/mol. The van der Waals surface area contributed by atoms with E-state index in [9.17, 15) is 27.9 Å². The molecular weight excluding hydrogens is 475 g/mol. The van der Waals surface area contributed by atoms with Crippen molar-refractivity contribution < 1.29 is 37.3 Å². The van der Waals surface area contributed by atoms with Crippen LogP contribution in [0.1, 0.15) is 61.7 Å². The number of phenols is 1. The lowest BCUT2D eigenvalue weighted by atomic mass is 9.97. The van der Waals surface area contributed by atoms with Crippen molar-refractivity contribution in [3.63, 3.8) is 0 Å². The minimum absolute atomic E-state index is 0.0896. The molecule has 6 nitrogen and oxygen atoms in total. The molecule has 0 aliphatic carbocycles. The van der Waals surface area contributed by atoms with Gasteiger partial charge in [0.2, 0.25) is 0 Å². The molecule has 2 N–H and O–H groups in total. The molecule has 0 spiro atoms. The van der Waals surface area contributed by atoms with Gasteiger partial charge >= 0.3 is 12.3 Å². The van der Waals surface area contributed by atoms with Crippen molar-refractivity contribution in [2.24, 2.45) is 5.92 Å². The number of rotatable bonds is 7. The second-order valence-electron chi connectivity index (χ2n) is 8.92. The molecule has 0 heterocycles. The van der Waals surface area contributed by atoms with Gasteiger partial charge in [-0.25, -0.2) is 4.79 Å². The SMILES string of the molecule is CC(C)C(=O)c1ccc(OCc2ccc(CNC(=O)OC(C)(C)C)c(Cl)c2)c(C(F)(F)F)c1O. The van der Waals surface area contributed by atoms with Crippen LogP contribution >= 0.6 is 11.6 Å². The maximum Gasteiger partial charge on any atom is 0.423 e. The van der Waals surface area contributed by atoms with Gasteiger partial charge in [0.05, 0.1) is 5.56 Å². The van der Waals surface area contributed by atoms with Gasteiger partial charge in [0.25, 0.3) is 0 Å². The number of hydrogen-bond donors (Lipinski definition) is 2. The van der Waals surface area contributed by atoms with Crippen molar-refractivity contribution in [2.45, 2.75) is 59.5 Å². The van der Waals surface area contributed by atoms with Crippen molar-refractivity contribution in [3.05, 3.63) is 57.6 Å². The van der Waals surface area contributed by atoms with E-state index in [0.29, 0.717) is 11.1 Å². The van der Waals surface area contributed by atoms with E-state index >= 15 is 0 Å². The summed E-state index contributed by atoms with van der Waals surface area (Å²) in [5.74, 6) is -2.98. The van der Waals surface area contributed by atoms with E-state index < -0.39 is 52.2 Å². The smallest absolute Gasteiger partial charge is 0.423 e. The number of hydrogen-bond acceptors (Lipinski definition) is 5. The highest BCUT2D eigenvalue weighted by Gasteiger charge is 2.40. The molecule has 34 heavy (non-hydrogen) atoms. The van der Waals surface area contributed by atoms with E-state index in [0.717, 1.165) is 12.1 Å². The van der Waals surface area contributed by atoms with E-state index in [2.05, 4.69) is 5.32 Å². The van der Waals surface area contributed by atoms with Crippen LogP contribution in [-0.2, 0) is 24.1 Å². The summed E-state index contributed by atoms with van der Waals surface area (Å²) >= 11 is 6.24. The first-order valence-corrected chi connectivity index (χ1v) is 10.8. The van der Waals surface area contributed by atoms with Gasteiger partial charge in [0, 0.05) is 17.5 Å². The Balaban J connectivity index is 2.17. The maximum atomic E-state index is 13.6. The second kappa shape index (κ2) is 10.5. The maximum absolute atomic E-state index is 13.6. The number of Topliss-reactive ketones (excluding diaryl/α,β-unsaturated/α-hetero) is 1. The summed E-state index contributed by atoms with van der Waals surface area (Å²) in [5, 5.41) is 13.0. The number of carbonyl (C=O) groups is 2. The van der Waals surface area contributed by atoms with E-state index in [4.69, 9.17) is 21.1 Å². The molecule has 0 saturated heterocycles. The van der Waals surface area contributed by atoms with Crippen molar-refractivity contribution in [3.8, 4) is 11.5 Å². The Hall–Kier alpha value is -2.94. The van der Waals surface area contributed by atoms with Crippen LogP contribution in [0.25, 0.3) is 0 Å². The summed E-state index contributed by atoms with van der Waals surface area (Å²) in [6.45, 7) is 8.05. The quantitative estimate of drug-likeness (QED) is 0.423. The molecule has 0 aliphatic heterocycles. The molecule has 2 aromatic rings. The Morgan fingerprint density at radius 3 is 2.29 bits per heavy atom. The minimum atomic E-state index is -4.94.